The molecule has 3 aromatic rings. The van der Waals surface area contributed by atoms with Crippen molar-refractivity contribution in [1.82, 2.24) is 14.5 Å². The smallest absolute Gasteiger partial charge is 0.278 e. The molecule has 0 spiro atoms. The fourth-order valence-electron chi connectivity index (χ4n) is 3.44. The van der Waals surface area contributed by atoms with Crippen LogP contribution in [0.25, 0.3) is 21.9 Å². The lowest BCUT2D eigenvalue weighted by Gasteiger charge is -2.09. The molecule has 2 atom stereocenters. The molecule has 2 aliphatic heterocycles. The molecule has 0 unspecified atom stereocenters. The third-order valence-electron chi connectivity index (χ3n) is 4.44. The number of nitrogens with one attached hydrogen (secondary N) is 1. The molecule has 0 bridgehead atoms. The fourth-order valence-corrected chi connectivity index (χ4v) is 7.34. The van der Waals surface area contributed by atoms with Gasteiger partial charge in [-0.25, -0.2) is 17.8 Å². The molecule has 0 saturated carbocycles. The van der Waals surface area contributed by atoms with Gasteiger partial charge in [0, 0.05) is 16.2 Å². The van der Waals surface area contributed by atoms with Gasteiger partial charge in [-0.1, -0.05) is 11.8 Å². The van der Waals surface area contributed by atoms with Crippen LogP contribution in [0.4, 0.5) is 4.39 Å². The molecule has 9 heteroatoms. The number of aromatic nitrogens is 3. The number of thioether (sulfide) groups is 1. The second-order valence-corrected chi connectivity index (χ2v) is 9.27. The van der Waals surface area contributed by atoms with E-state index in [1.165, 1.54) is 28.5 Å². The minimum absolute atomic E-state index is 0.0282. The Hall–Kier alpha value is -1.87. The van der Waals surface area contributed by atoms with Crippen molar-refractivity contribution in [3.8, 4) is 0 Å². The van der Waals surface area contributed by atoms with E-state index >= 15 is 0 Å². The van der Waals surface area contributed by atoms with E-state index in [0.717, 1.165) is 0 Å². The number of hydrogen-bond donors (Lipinski definition) is 1. The average Bonchev–Trinajstić information content (AvgIpc) is 3.07. The monoisotopic (exact) mass is 351 g/mol. The van der Waals surface area contributed by atoms with Crippen LogP contribution in [-0.4, -0.2) is 39.7 Å². The van der Waals surface area contributed by atoms with Crippen molar-refractivity contribution in [2.75, 3.05) is 11.5 Å². The van der Waals surface area contributed by atoms with E-state index in [0.29, 0.717) is 27.1 Å². The summed E-state index contributed by atoms with van der Waals surface area (Å²) in [6.45, 7) is 0. The Kier molecular flexibility index (Phi) is 2.45. The quantitative estimate of drug-likeness (QED) is 0.620. The van der Waals surface area contributed by atoms with Gasteiger partial charge in [0.2, 0.25) is 0 Å². The van der Waals surface area contributed by atoms with Gasteiger partial charge in [-0.2, -0.15) is 0 Å². The lowest BCUT2D eigenvalue weighted by Crippen LogP contribution is -2.27. The van der Waals surface area contributed by atoms with Crippen LogP contribution < -0.4 is 5.56 Å². The molecule has 1 saturated heterocycles. The van der Waals surface area contributed by atoms with E-state index in [1.807, 2.05) is 0 Å². The SMILES string of the molecule is O=c1c2[nH]c3ccc(F)cc3c2nc2n1[C@H]1CS(=O)(=O)C[C@H]1S2. The molecule has 0 radical (unpaired) electrons. The highest BCUT2D eigenvalue weighted by molar-refractivity contribution is 8.02. The molecule has 4 heterocycles. The Bertz CT molecular complexity index is 1170. The van der Waals surface area contributed by atoms with Crippen LogP contribution in [0.2, 0.25) is 0 Å². The molecule has 6 nitrogen and oxygen atoms in total. The molecule has 118 valence electrons. The first kappa shape index (κ1) is 13.6. The summed E-state index contributed by atoms with van der Waals surface area (Å²) < 4.78 is 38.6. The topological polar surface area (TPSA) is 84.8 Å². The average molecular weight is 351 g/mol. The van der Waals surface area contributed by atoms with Crippen molar-refractivity contribution in [2.45, 2.75) is 16.4 Å². The Morgan fingerprint density at radius 3 is 3.00 bits per heavy atom. The van der Waals surface area contributed by atoms with Gasteiger partial charge in [0.25, 0.3) is 5.56 Å². The minimum Gasteiger partial charge on any atom is -0.349 e. The number of hydrogen-bond acceptors (Lipinski definition) is 5. The van der Waals surface area contributed by atoms with Crippen LogP contribution in [-0.2, 0) is 9.84 Å². The van der Waals surface area contributed by atoms with Crippen LogP contribution in [0.5, 0.6) is 0 Å². The van der Waals surface area contributed by atoms with Crippen molar-refractivity contribution >= 4 is 43.5 Å². The summed E-state index contributed by atoms with van der Waals surface area (Å²) in [4.78, 5) is 20.3. The Labute approximate surface area is 133 Å². The van der Waals surface area contributed by atoms with E-state index in [2.05, 4.69) is 9.97 Å². The lowest BCUT2D eigenvalue weighted by molar-refractivity contribution is 0.524. The summed E-state index contributed by atoms with van der Waals surface area (Å²) in [5, 5.41) is 0.901. The zero-order chi connectivity index (χ0) is 15.9. The number of H-pyrrole nitrogens is 1. The third kappa shape index (κ3) is 1.77. The van der Waals surface area contributed by atoms with Crippen molar-refractivity contribution in [3.63, 3.8) is 0 Å². The van der Waals surface area contributed by atoms with Gasteiger partial charge in [0.15, 0.2) is 15.0 Å². The van der Waals surface area contributed by atoms with Gasteiger partial charge in [-0.3, -0.25) is 9.36 Å². The maximum atomic E-state index is 13.5. The fraction of sp³-hybridized carbons (Fsp3) is 0.286. The molecule has 2 aliphatic rings. The summed E-state index contributed by atoms with van der Waals surface area (Å²) in [5.41, 5.74) is 1.07. The van der Waals surface area contributed by atoms with Crippen LogP contribution in [0, 0.1) is 5.82 Å². The molecular weight excluding hydrogens is 341 g/mol. The largest absolute Gasteiger partial charge is 0.349 e. The predicted octanol–water partition coefficient (Wildman–Crippen LogP) is 1.46. The normalized spacial score (nSPS) is 25.1. The second-order valence-electron chi connectivity index (χ2n) is 5.91. The van der Waals surface area contributed by atoms with Crippen LogP contribution in [0.3, 0.4) is 0 Å². The number of benzene rings is 1. The Morgan fingerprint density at radius 1 is 1.35 bits per heavy atom. The zero-order valence-electron chi connectivity index (χ0n) is 11.6. The van der Waals surface area contributed by atoms with Crippen LogP contribution in [0.15, 0.2) is 28.2 Å². The second kappa shape index (κ2) is 4.15. The number of nitrogens with zero attached hydrogens (tertiary/aromatic N) is 2. The highest BCUT2D eigenvalue weighted by Crippen LogP contribution is 2.44. The first-order valence-corrected chi connectivity index (χ1v) is 9.74. The van der Waals surface area contributed by atoms with Gasteiger partial charge in [-0.15, -0.1) is 0 Å². The number of sulfone groups is 1. The number of rotatable bonds is 0. The first-order valence-electron chi connectivity index (χ1n) is 7.03. The zero-order valence-corrected chi connectivity index (χ0v) is 13.2. The van der Waals surface area contributed by atoms with Crippen LogP contribution in [0.1, 0.15) is 6.04 Å². The van der Waals surface area contributed by atoms with Gasteiger partial charge in [0.1, 0.15) is 16.9 Å². The van der Waals surface area contributed by atoms with E-state index in [9.17, 15) is 17.6 Å². The summed E-state index contributed by atoms with van der Waals surface area (Å²) in [6, 6.07) is 3.87. The maximum absolute atomic E-state index is 13.5. The lowest BCUT2D eigenvalue weighted by atomic mass is 10.2. The third-order valence-corrected chi connectivity index (χ3v) is 7.65. The highest BCUT2D eigenvalue weighted by Gasteiger charge is 2.46. The molecule has 1 fully saturated rings. The van der Waals surface area contributed by atoms with E-state index in [-0.39, 0.29) is 28.4 Å². The van der Waals surface area contributed by atoms with Gasteiger partial charge < -0.3 is 4.98 Å². The molecule has 2 aromatic heterocycles. The standard InChI is InChI=1S/C14H10FN3O3S2/c15-6-1-2-8-7(3-6)11-12(16-8)13(19)18-9-4-23(20,21)5-10(9)22-14(18)17-11/h1-3,9-10,16H,4-5H2/t9-,10+/m0/s1. The van der Waals surface area contributed by atoms with Crippen molar-refractivity contribution < 1.29 is 12.8 Å². The summed E-state index contributed by atoms with van der Waals surface area (Å²) in [7, 11) is -3.12. The van der Waals surface area contributed by atoms with Gasteiger partial charge in [-0.05, 0) is 18.2 Å². The van der Waals surface area contributed by atoms with Crippen molar-refractivity contribution in [3.05, 3.63) is 34.4 Å². The summed E-state index contributed by atoms with van der Waals surface area (Å²) in [6.07, 6.45) is 0. The Balaban J connectivity index is 1.84. The first-order chi connectivity index (χ1) is 10.9. The molecule has 23 heavy (non-hydrogen) atoms. The van der Waals surface area contributed by atoms with E-state index in [4.69, 9.17) is 0 Å². The van der Waals surface area contributed by atoms with Gasteiger partial charge >= 0.3 is 0 Å². The van der Waals surface area contributed by atoms with E-state index < -0.39 is 15.7 Å². The molecule has 0 amide bonds. The highest BCUT2D eigenvalue weighted by atomic mass is 32.2. The number of fused-ring (bicyclic) bond motifs is 6. The minimum atomic E-state index is -3.12. The molecule has 5 rings (SSSR count). The maximum Gasteiger partial charge on any atom is 0.278 e. The van der Waals surface area contributed by atoms with Crippen molar-refractivity contribution in [2.24, 2.45) is 0 Å². The van der Waals surface area contributed by atoms with Crippen LogP contribution >= 0.6 is 11.8 Å². The Morgan fingerprint density at radius 2 is 2.17 bits per heavy atom. The molecule has 0 aliphatic carbocycles. The summed E-state index contributed by atoms with van der Waals surface area (Å²) >= 11 is 1.32. The molecule has 1 N–H and O–H groups in total. The molecule has 1 aromatic carbocycles. The molecular formula is C14H10FN3O3S2. The van der Waals surface area contributed by atoms with Crippen molar-refractivity contribution in [1.29, 1.82) is 0 Å². The number of aromatic amines is 1. The number of halogens is 1. The van der Waals surface area contributed by atoms with E-state index in [1.54, 1.807) is 6.07 Å². The predicted molar refractivity (Wildman–Crippen MR) is 85.2 cm³/mol. The van der Waals surface area contributed by atoms with Gasteiger partial charge in [0.05, 0.1) is 17.5 Å². The summed E-state index contributed by atoms with van der Waals surface area (Å²) in [5.74, 6) is -0.356.